The molecule has 1 unspecified atom stereocenters. The molecule has 22 heavy (non-hydrogen) atoms. The smallest absolute Gasteiger partial charge is 0.318 e. The molecule has 1 aromatic rings. The highest BCUT2D eigenvalue weighted by Gasteiger charge is 2.55. The number of carbonyl (C=O) groups excluding carboxylic acids is 1. The number of aliphatic carboxylic acids is 1. The van der Waals surface area contributed by atoms with Crippen LogP contribution in [0.4, 0.5) is 4.39 Å². The minimum atomic E-state index is -1.49. The second-order valence-electron chi connectivity index (χ2n) is 6.10. The van der Waals surface area contributed by atoms with Crippen molar-refractivity contribution in [3.63, 3.8) is 0 Å². The molecule has 0 spiro atoms. The van der Waals surface area contributed by atoms with E-state index >= 15 is 0 Å². The van der Waals surface area contributed by atoms with E-state index in [-0.39, 0.29) is 23.3 Å². The Kier molecular flexibility index (Phi) is 4.09. The minimum Gasteiger partial charge on any atom is -0.480 e. The summed E-state index contributed by atoms with van der Waals surface area (Å²) < 4.78 is 13.9. The van der Waals surface area contributed by atoms with Crippen molar-refractivity contribution < 1.29 is 19.1 Å². The molecule has 2 atom stereocenters. The molecule has 0 saturated heterocycles. The Morgan fingerprint density at radius 1 is 1.45 bits per heavy atom. The van der Waals surface area contributed by atoms with E-state index in [4.69, 9.17) is 0 Å². The highest BCUT2D eigenvalue weighted by atomic mass is 19.1. The number of rotatable bonds is 3. The van der Waals surface area contributed by atoms with Crippen LogP contribution >= 0.6 is 0 Å². The minimum absolute atomic E-state index is 0.144. The van der Waals surface area contributed by atoms with Crippen molar-refractivity contribution in [2.45, 2.75) is 25.7 Å². The number of hydrogen-bond acceptors (Lipinski definition) is 3. The van der Waals surface area contributed by atoms with Crippen LogP contribution in [-0.4, -0.2) is 35.9 Å². The number of nitrogens with zero attached hydrogens (tertiary/aromatic N) is 1. The molecule has 0 bridgehead atoms. The molecule has 0 amide bonds. The van der Waals surface area contributed by atoms with Crippen molar-refractivity contribution in [2.24, 2.45) is 5.92 Å². The lowest BCUT2D eigenvalue weighted by atomic mass is 9.73. The molecule has 1 aromatic carbocycles. The third-order valence-corrected chi connectivity index (χ3v) is 4.27. The lowest BCUT2D eigenvalue weighted by Crippen LogP contribution is -2.37. The molecule has 1 fully saturated rings. The predicted molar refractivity (Wildman–Crippen MR) is 81.0 cm³/mol. The quantitative estimate of drug-likeness (QED) is 0.872. The molecule has 1 aliphatic carbocycles. The first kappa shape index (κ1) is 16.2. The second kappa shape index (κ2) is 5.55. The fourth-order valence-electron chi connectivity index (χ4n) is 3.21. The van der Waals surface area contributed by atoms with Gasteiger partial charge in [0, 0.05) is 31.8 Å². The van der Waals surface area contributed by atoms with Gasteiger partial charge in [0.05, 0.1) is 0 Å². The average Bonchev–Trinajstić information content (AvgIpc) is 2.67. The Bertz CT molecular complexity index is 666. The van der Waals surface area contributed by atoms with Gasteiger partial charge < -0.3 is 10.0 Å². The molecule has 4 nitrogen and oxygen atoms in total. The first-order valence-corrected chi connectivity index (χ1v) is 7.13. The number of Topliss-reactive ketones (excluding diaryl/α,β-unsaturated/α-hetero) is 1. The lowest BCUT2D eigenvalue weighted by Gasteiger charge is -2.28. The molecule has 0 aliphatic heterocycles. The molecule has 2 rings (SSSR count). The molecule has 0 heterocycles. The summed E-state index contributed by atoms with van der Waals surface area (Å²) in [5.74, 6) is -2.19. The number of carboxylic acids is 1. The summed E-state index contributed by atoms with van der Waals surface area (Å²) in [5, 5.41) is 9.92. The maximum absolute atomic E-state index is 13.9. The third-order valence-electron chi connectivity index (χ3n) is 4.27. The Morgan fingerprint density at radius 3 is 2.64 bits per heavy atom. The summed E-state index contributed by atoms with van der Waals surface area (Å²) in [6, 6.07) is 4.38. The van der Waals surface area contributed by atoms with E-state index in [1.807, 2.05) is 0 Å². The topological polar surface area (TPSA) is 57.6 Å². The van der Waals surface area contributed by atoms with Crippen LogP contribution < -0.4 is 0 Å². The Labute approximate surface area is 129 Å². The van der Waals surface area contributed by atoms with Gasteiger partial charge in [0.1, 0.15) is 11.2 Å². The predicted octanol–water partition coefficient (Wildman–Crippen LogP) is 2.51. The van der Waals surface area contributed by atoms with Gasteiger partial charge in [-0.25, -0.2) is 4.39 Å². The van der Waals surface area contributed by atoms with Gasteiger partial charge in [-0.3, -0.25) is 9.59 Å². The summed E-state index contributed by atoms with van der Waals surface area (Å²) in [7, 11) is 3.46. The number of carboxylic acid groups (broad SMARTS) is 1. The van der Waals surface area contributed by atoms with Crippen LogP contribution in [0.25, 0.3) is 0 Å². The first-order chi connectivity index (χ1) is 10.2. The summed E-state index contributed by atoms with van der Waals surface area (Å²) in [6.45, 7) is 3.27. The third kappa shape index (κ3) is 2.30. The summed E-state index contributed by atoms with van der Waals surface area (Å²) in [5.41, 5.74) is -0.652. The second-order valence-corrected chi connectivity index (χ2v) is 6.10. The van der Waals surface area contributed by atoms with Crippen LogP contribution in [0.15, 0.2) is 30.0 Å². The van der Waals surface area contributed by atoms with Crippen molar-refractivity contribution in [1.29, 1.82) is 0 Å². The zero-order valence-electron chi connectivity index (χ0n) is 13.2. The molecule has 1 saturated carbocycles. The molecule has 1 N–H and O–H groups in total. The molecular formula is C17H20FNO3. The number of carbonyl (C=O) groups is 2. The van der Waals surface area contributed by atoms with Gasteiger partial charge in [-0.15, -0.1) is 0 Å². The van der Waals surface area contributed by atoms with Crippen LogP contribution in [-0.2, 0) is 15.0 Å². The molecule has 1 aliphatic rings. The van der Waals surface area contributed by atoms with E-state index in [1.165, 1.54) is 12.1 Å². The van der Waals surface area contributed by atoms with E-state index in [9.17, 15) is 19.1 Å². The molecule has 0 aromatic heterocycles. The zero-order chi connectivity index (χ0) is 16.7. The highest BCUT2D eigenvalue weighted by molar-refractivity contribution is 6.09. The maximum atomic E-state index is 13.9. The number of ketones is 1. The van der Waals surface area contributed by atoms with Gasteiger partial charge in [-0.05, 0) is 30.5 Å². The van der Waals surface area contributed by atoms with Crippen molar-refractivity contribution in [1.82, 2.24) is 4.90 Å². The van der Waals surface area contributed by atoms with Crippen molar-refractivity contribution in [3.05, 3.63) is 46.9 Å². The van der Waals surface area contributed by atoms with Crippen molar-refractivity contribution >= 4 is 11.8 Å². The SMILES string of the molecule is Cc1c(F)cccc1[C@]1(C(=O)O)CC(C)C(=O)C1=CN(C)C. The van der Waals surface area contributed by atoms with Gasteiger partial charge in [0.2, 0.25) is 0 Å². The average molecular weight is 305 g/mol. The van der Waals surface area contributed by atoms with Gasteiger partial charge >= 0.3 is 5.97 Å². The van der Waals surface area contributed by atoms with Crippen LogP contribution in [0.2, 0.25) is 0 Å². The highest BCUT2D eigenvalue weighted by Crippen LogP contribution is 2.47. The van der Waals surface area contributed by atoms with Gasteiger partial charge in [-0.1, -0.05) is 19.1 Å². The Morgan fingerprint density at radius 2 is 2.09 bits per heavy atom. The van der Waals surface area contributed by atoms with Gasteiger partial charge in [-0.2, -0.15) is 0 Å². The van der Waals surface area contributed by atoms with E-state index in [0.717, 1.165) is 0 Å². The Balaban J connectivity index is 2.80. The molecule has 5 heteroatoms. The van der Waals surface area contributed by atoms with Crippen molar-refractivity contribution in [3.8, 4) is 0 Å². The summed E-state index contributed by atoms with van der Waals surface area (Å²) >= 11 is 0. The van der Waals surface area contributed by atoms with E-state index in [0.29, 0.717) is 5.56 Å². The lowest BCUT2D eigenvalue weighted by molar-refractivity contribution is -0.142. The number of hydrogen-bond donors (Lipinski definition) is 1. The van der Waals surface area contributed by atoms with E-state index < -0.39 is 23.1 Å². The normalized spacial score (nSPS) is 26.5. The molecule has 0 radical (unpaired) electrons. The standard InChI is InChI=1S/C17H20FNO3/c1-10-8-17(16(21)22,13(15(10)20)9-19(3)4)12-6-5-7-14(18)11(12)2/h5-7,9-10H,8H2,1-4H3,(H,21,22)/t10?,17-/m1/s1. The van der Waals surface area contributed by atoms with Crippen LogP contribution in [0.1, 0.15) is 24.5 Å². The molecular weight excluding hydrogens is 285 g/mol. The molecule has 118 valence electrons. The zero-order valence-corrected chi connectivity index (χ0v) is 13.2. The van der Waals surface area contributed by atoms with Gasteiger partial charge in [0.15, 0.2) is 5.78 Å². The summed E-state index contributed by atoms with van der Waals surface area (Å²) in [6.07, 6.45) is 1.69. The maximum Gasteiger partial charge on any atom is 0.318 e. The largest absolute Gasteiger partial charge is 0.480 e. The van der Waals surface area contributed by atoms with Crippen molar-refractivity contribution in [2.75, 3.05) is 14.1 Å². The monoisotopic (exact) mass is 305 g/mol. The van der Waals surface area contributed by atoms with Gasteiger partial charge in [0.25, 0.3) is 0 Å². The fraction of sp³-hybridized carbons (Fsp3) is 0.412. The Hall–Kier alpha value is -2.17. The van der Waals surface area contributed by atoms with E-state index in [2.05, 4.69) is 0 Å². The number of benzene rings is 1. The number of halogens is 1. The van der Waals surface area contributed by atoms with E-state index in [1.54, 1.807) is 45.1 Å². The summed E-state index contributed by atoms with van der Waals surface area (Å²) in [4.78, 5) is 26.3. The van der Waals surface area contributed by atoms with Crippen LogP contribution in [0.5, 0.6) is 0 Å². The fourth-order valence-corrected chi connectivity index (χ4v) is 3.21. The van der Waals surface area contributed by atoms with Crippen LogP contribution in [0, 0.1) is 18.7 Å². The first-order valence-electron chi connectivity index (χ1n) is 7.13. The van der Waals surface area contributed by atoms with Crippen LogP contribution in [0.3, 0.4) is 0 Å².